The van der Waals surface area contributed by atoms with E-state index < -0.39 is 23.9 Å². The van der Waals surface area contributed by atoms with Crippen molar-refractivity contribution >= 4 is 11.6 Å². The van der Waals surface area contributed by atoms with Gasteiger partial charge in [-0.2, -0.15) is 18.3 Å². The highest BCUT2D eigenvalue weighted by molar-refractivity contribution is 5.99. The Morgan fingerprint density at radius 2 is 2.00 bits per heavy atom. The van der Waals surface area contributed by atoms with E-state index in [4.69, 9.17) is 5.73 Å². The number of hydrogen-bond acceptors (Lipinski definition) is 4. The molecule has 2 aromatic rings. The predicted molar refractivity (Wildman–Crippen MR) is 115 cm³/mol. The highest BCUT2D eigenvalue weighted by Gasteiger charge is 2.42. The molecular weight excluding hydrogens is 421 g/mol. The Morgan fingerprint density at radius 3 is 2.66 bits per heavy atom. The minimum absolute atomic E-state index is 0.145. The van der Waals surface area contributed by atoms with Crippen molar-refractivity contribution in [2.75, 3.05) is 5.32 Å². The van der Waals surface area contributed by atoms with E-state index in [9.17, 15) is 23.1 Å². The van der Waals surface area contributed by atoms with Gasteiger partial charge in [0.25, 0.3) is 5.91 Å². The number of rotatable bonds is 4. The van der Waals surface area contributed by atoms with Crippen LogP contribution in [0.4, 0.5) is 18.9 Å². The van der Waals surface area contributed by atoms with Crippen LogP contribution in [0.3, 0.4) is 0 Å². The molecule has 2 atom stereocenters. The summed E-state index contributed by atoms with van der Waals surface area (Å²) in [6, 6.07) is 4.42. The quantitative estimate of drug-likeness (QED) is 0.650. The monoisotopic (exact) mass is 450 g/mol. The predicted octanol–water partition coefficient (Wildman–Crippen LogP) is 4.22. The van der Waals surface area contributed by atoms with Gasteiger partial charge in [0.1, 0.15) is 0 Å². The molecule has 32 heavy (non-hydrogen) atoms. The lowest BCUT2D eigenvalue weighted by molar-refractivity contribution is -0.142. The average Bonchev–Trinajstić information content (AvgIpc) is 3.07. The maximum Gasteiger partial charge on any atom is 0.435 e. The number of carbonyl (C=O) groups is 1. The van der Waals surface area contributed by atoms with Crippen LogP contribution in [0, 0.1) is 5.41 Å². The lowest BCUT2D eigenvalue weighted by atomic mass is 9.76. The van der Waals surface area contributed by atoms with Gasteiger partial charge in [-0.3, -0.25) is 4.79 Å². The summed E-state index contributed by atoms with van der Waals surface area (Å²) in [5.74, 6) is -0.649. The SMILES string of the molecule is CC1(C)CCc2c(C(F)(F)F)nn(-c3ccc(C(N)=O)c(N[C@@H]4CCCC[C@H]4O)c3)c2C1. The number of aliphatic hydroxyl groups excluding tert-OH is 1. The fourth-order valence-corrected chi connectivity index (χ4v) is 4.85. The van der Waals surface area contributed by atoms with Gasteiger partial charge < -0.3 is 16.2 Å². The fraction of sp³-hybridized carbons (Fsp3) is 0.565. The Morgan fingerprint density at radius 1 is 1.28 bits per heavy atom. The van der Waals surface area contributed by atoms with Crippen molar-refractivity contribution in [3.63, 3.8) is 0 Å². The molecule has 1 fully saturated rings. The van der Waals surface area contributed by atoms with Gasteiger partial charge in [0.2, 0.25) is 0 Å². The van der Waals surface area contributed by atoms with E-state index in [1.807, 2.05) is 13.8 Å². The number of nitrogens with two attached hydrogens (primary N) is 1. The van der Waals surface area contributed by atoms with E-state index in [0.29, 0.717) is 42.8 Å². The number of halogens is 3. The molecular formula is C23H29F3N4O2. The Labute approximate surface area is 185 Å². The largest absolute Gasteiger partial charge is 0.435 e. The molecule has 2 aliphatic carbocycles. The van der Waals surface area contributed by atoms with Crippen LogP contribution in [-0.2, 0) is 19.0 Å². The van der Waals surface area contributed by atoms with Crippen molar-refractivity contribution in [2.45, 2.75) is 77.1 Å². The minimum Gasteiger partial charge on any atom is -0.391 e. The number of hydrogen-bond donors (Lipinski definition) is 3. The number of alkyl halides is 3. The van der Waals surface area contributed by atoms with Crippen LogP contribution in [0.25, 0.3) is 5.69 Å². The number of carbonyl (C=O) groups excluding carboxylic acids is 1. The zero-order valence-electron chi connectivity index (χ0n) is 18.3. The Balaban J connectivity index is 1.80. The number of aliphatic hydroxyl groups is 1. The zero-order chi connectivity index (χ0) is 23.3. The van der Waals surface area contributed by atoms with Crippen LogP contribution in [0.15, 0.2) is 18.2 Å². The summed E-state index contributed by atoms with van der Waals surface area (Å²) in [6.07, 6.45) is -0.424. The van der Waals surface area contributed by atoms with E-state index in [1.54, 1.807) is 12.1 Å². The van der Waals surface area contributed by atoms with Gasteiger partial charge in [0.05, 0.1) is 23.4 Å². The fourth-order valence-electron chi connectivity index (χ4n) is 4.85. The minimum atomic E-state index is -4.54. The molecule has 0 aliphatic heterocycles. The van der Waals surface area contributed by atoms with Crippen LogP contribution in [-0.4, -0.2) is 32.9 Å². The van der Waals surface area contributed by atoms with Gasteiger partial charge in [-0.05, 0) is 55.7 Å². The van der Waals surface area contributed by atoms with Crippen LogP contribution in [0.2, 0.25) is 0 Å². The van der Waals surface area contributed by atoms with E-state index in [2.05, 4.69) is 10.4 Å². The first kappa shape index (κ1) is 22.6. The van der Waals surface area contributed by atoms with E-state index in [0.717, 1.165) is 19.3 Å². The zero-order valence-corrected chi connectivity index (χ0v) is 18.3. The maximum absolute atomic E-state index is 13.7. The van der Waals surface area contributed by atoms with Crippen LogP contribution in [0.1, 0.15) is 73.3 Å². The normalized spacial score (nSPS) is 22.9. The van der Waals surface area contributed by atoms with Gasteiger partial charge >= 0.3 is 6.18 Å². The molecule has 1 aromatic heterocycles. The second kappa shape index (κ2) is 8.10. The Kier molecular flexibility index (Phi) is 5.73. The van der Waals surface area contributed by atoms with Crippen LogP contribution < -0.4 is 11.1 Å². The second-order valence-corrected chi connectivity index (χ2v) is 9.72. The third-order valence-electron chi connectivity index (χ3n) is 6.64. The first-order valence-corrected chi connectivity index (χ1v) is 11.0. The Hall–Kier alpha value is -2.55. The topological polar surface area (TPSA) is 93.2 Å². The van der Waals surface area contributed by atoms with Crippen molar-refractivity contribution in [2.24, 2.45) is 11.1 Å². The van der Waals surface area contributed by atoms with Crippen molar-refractivity contribution in [1.82, 2.24) is 9.78 Å². The van der Waals surface area contributed by atoms with Crippen molar-refractivity contribution in [3.8, 4) is 5.69 Å². The molecule has 4 N–H and O–H groups in total. The lowest BCUT2D eigenvalue weighted by Gasteiger charge is -2.31. The summed E-state index contributed by atoms with van der Waals surface area (Å²) in [6.45, 7) is 4.07. The summed E-state index contributed by atoms with van der Waals surface area (Å²) in [5, 5.41) is 17.5. The standard InChI is InChI=1S/C23H29F3N4O2/c1-22(2)10-9-15-18(12-22)30(29-20(15)23(24,25)26)13-7-8-14(21(27)32)17(11-13)28-16-5-3-4-6-19(16)31/h7-8,11,16,19,28,31H,3-6,9-10,12H2,1-2H3,(H2,27,32)/t16-,19-/m1/s1. The van der Waals surface area contributed by atoms with E-state index in [-0.39, 0.29) is 22.6 Å². The number of benzene rings is 1. The van der Waals surface area contributed by atoms with Crippen molar-refractivity contribution < 1.29 is 23.1 Å². The molecule has 0 bridgehead atoms. The third kappa shape index (κ3) is 4.35. The number of amides is 1. The van der Waals surface area contributed by atoms with Gasteiger partial charge in [0.15, 0.2) is 5.69 Å². The summed E-state index contributed by atoms with van der Waals surface area (Å²) < 4.78 is 42.5. The molecule has 0 unspecified atom stereocenters. The summed E-state index contributed by atoms with van der Waals surface area (Å²) in [4.78, 5) is 12.0. The van der Waals surface area contributed by atoms with Crippen molar-refractivity contribution in [1.29, 1.82) is 0 Å². The van der Waals surface area contributed by atoms with Gasteiger partial charge in [0, 0.05) is 16.9 Å². The summed E-state index contributed by atoms with van der Waals surface area (Å²) >= 11 is 0. The van der Waals surface area contributed by atoms with Crippen molar-refractivity contribution in [3.05, 3.63) is 40.7 Å². The third-order valence-corrected chi connectivity index (χ3v) is 6.64. The molecule has 1 saturated carbocycles. The molecule has 0 saturated heterocycles. The van der Waals surface area contributed by atoms with Gasteiger partial charge in [-0.15, -0.1) is 0 Å². The molecule has 4 rings (SSSR count). The number of primary amides is 1. The highest BCUT2D eigenvalue weighted by Crippen LogP contribution is 2.42. The van der Waals surface area contributed by atoms with Crippen LogP contribution >= 0.6 is 0 Å². The van der Waals surface area contributed by atoms with Gasteiger partial charge in [-0.25, -0.2) is 4.68 Å². The molecule has 1 heterocycles. The number of fused-ring (bicyclic) bond motifs is 1. The molecule has 1 aromatic carbocycles. The maximum atomic E-state index is 13.7. The molecule has 9 heteroatoms. The average molecular weight is 451 g/mol. The number of anilines is 1. The number of nitrogens with zero attached hydrogens (tertiary/aromatic N) is 2. The van der Waals surface area contributed by atoms with E-state index >= 15 is 0 Å². The summed E-state index contributed by atoms with van der Waals surface area (Å²) in [7, 11) is 0. The molecule has 0 spiro atoms. The first-order chi connectivity index (χ1) is 15.0. The first-order valence-electron chi connectivity index (χ1n) is 11.0. The number of aromatic nitrogens is 2. The molecule has 6 nitrogen and oxygen atoms in total. The smallest absolute Gasteiger partial charge is 0.391 e. The highest BCUT2D eigenvalue weighted by atomic mass is 19.4. The van der Waals surface area contributed by atoms with Gasteiger partial charge in [-0.1, -0.05) is 26.7 Å². The number of nitrogens with one attached hydrogen (secondary N) is 1. The summed E-state index contributed by atoms with van der Waals surface area (Å²) in [5.41, 5.74) is 6.38. The molecule has 174 valence electrons. The molecule has 1 amide bonds. The second-order valence-electron chi connectivity index (χ2n) is 9.72. The Bertz CT molecular complexity index is 1030. The molecule has 0 radical (unpaired) electrons. The van der Waals surface area contributed by atoms with Crippen LogP contribution in [0.5, 0.6) is 0 Å². The lowest BCUT2D eigenvalue weighted by Crippen LogP contribution is -2.37. The molecule has 2 aliphatic rings. The van der Waals surface area contributed by atoms with E-state index in [1.165, 1.54) is 10.7 Å².